The Morgan fingerprint density at radius 3 is 2.69 bits per heavy atom. The van der Waals surface area contributed by atoms with Gasteiger partial charge in [-0.1, -0.05) is 54.6 Å². The van der Waals surface area contributed by atoms with Crippen LogP contribution in [0.25, 0.3) is 6.08 Å². The van der Waals surface area contributed by atoms with Crippen molar-refractivity contribution in [3.63, 3.8) is 0 Å². The topological polar surface area (TPSA) is 50.8 Å². The molecule has 5 nitrogen and oxygen atoms in total. The van der Waals surface area contributed by atoms with Crippen molar-refractivity contribution in [1.29, 1.82) is 0 Å². The first-order chi connectivity index (χ1) is 14.2. The van der Waals surface area contributed by atoms with Crippen molar-refractivity contribution < 1.29 is 14.3 Å². The molecule has 1 amide bonds. The maximum Gasteiger partial charge on any atom is 0.257 e. The highest BCUT2D eigenvalue weighted by atomic mass is 16.5. The van der Waals surface area contributed by atoms with Crippen molar-refractivity contribution in [3.05, 3.63) is 66.2 Å². The highest BCUT2D eigenvalue weighted by molar-refractivity contribution is 5.77. The van der Waals surface area contributed by atoms with Gasteiger partial charge in [-0.15, -0.1) is 0 Å². The zero-order chi connectivity index (χ0) is 20.3. The number of hydrogen-bond donors (Lipinski definition) is 1. The van der Waals surface area contributed by atoms with Gasteiger partial charge in [-0.05, 0) is 43.0 Å². The predicted octanol–water partition coefficient (Wildman–Crippen LogP) is 3.62. The van der Waals surface area contributed by atoms with Gasteiger partial charge < -0.3 is 14.8 Å². The van der Waals surface area contributed by atoms with Gasteiger partial charge in [0, 0.05) is 19.6 Å². The molecule has 0 spiro atoms. The van der Waals surface area contributed by atoms with Gasteiger partial charge in [0.15, 0.2) is 18.1 Å². The second-order valence-corrected chi connectivity index (χ2v) is 7.32. The largest absolute Gasteiger partial charge is 0.493 e. The van der Waals surface area contributed by atoms with Crippen LogP contribution in [-0.2, 0) is 4.79 Å². The smallest absolute Gasteiger partial charge is 0.257 e. The molecular formula is C24H30N2O3. The number of nitrogens with zero attached hydrogens (tertiary/aromatic N) is 1. The zero-order valence-electron chi connectivity index (χ0n) is 17.0. The van der Waals surface area contributed by atoms with Crippen LogP contribution in [0.2, 0.25) is 0 Å². The number of para-hydroxylation sites is 2. The number of carbonyl (C=O) groups excluding carboxylic acids is 1. The van der Waals surface area contributed by atoms with E-state index < -0.39 is 0 Å². The summed E-state index contributed by atoms with van der Waals surface area (Å²) in [5, 5.41) is 3.01. The molecule has 0 unspecified atom stereocenters. The third-order valence-corrected chi connectivity index (χ3v) is 5.09. The molecule has 5 heteroatoms. The summed E-state index contributed by atoms with van der Waals surface area (Å²) in [6.07, 6.45) is 6.70. The van der Waals surface area contributed by atoms with Crippen molar-refractivity contribution in [2.75, 3.05) is 39.9 Å². The molecule has 29 heavy (non-hydrogen) atoms. The maximum atomic E-state index is 12.2. The van der Waals surface area contributed by atoms with Crippen LogP contribution in [0.5, 0.6) is 11.5 Å². The number of carbonyl (C=O) groups is 1. The van der Waals surface area contributed by atoms with Gasteiger partial charge in [0.05, 0.1) is 7.11 Å². The molecule has 1 atom stereocenters. The van der Waals surface area contributed by atoms with Crippen LogP contribution in [-0.4, -0.2) is 50.7 Å². The Bertz CT molecular complexity index is 792. The quantitative estimate of drug-likeness (QED) is 0.706. The Balaban J connectivity index is 1.37. The van der Waals surface area contributed by atoms with Crippen molar-refractivity contribution >= 4 is 12.0 Å². The second-order valence-electron chi connectivity index (χ2n) is 7.32. The van der Waals surface area contributed by atoms with E-state index in [1.165, 1.54) is 5.56 Å². The zero-order valence-corrected chi connectivity index (χ0v) is 17.0. The summed E-state index contributed by atoms with van der Waals surface area (Å²) in [7, 11) is 1.59. The first kappa shape index (κ1) is 20.9. The lowest BCUT2D eigenvalue weighted by atomic mass is 9.98. The molecule has 0 aromatic heterocycles. The minimum absolute atomic E-state index is 0.00335. The fourth-order valence-electron chi connectivity index (χ4n) is 3.58. The van der Waals surface area contributed by atoms with E-state index in [4.69, 9.17) is 9.47 Å². The molecule has 2 aromatic carbocycles. The average Bonchev–Trinajstić information content (AvgIpc) is 2.77. The van der Waals surface area contributed by atoms with Gasteiger partial charge in [0.1, 0.15) is 0 Å². The molecule has 0 bridgehead atoms. The van der Waals surface area contributed by atoms with E-state index in [1.807, 2.05) is 24.3 Å². The molecule has 1 heterocycles. The van der Waals surface area contributed by atoms with Gasteiger partial charge in [0.2, 0.25) is 0 Å². The predicted molar refractivity (Wildman–Crippen MR) is 116 cm³/mol. The molecule has 1 aliphatic rings. The van der Waals surface area contributed by atoms with Crippen molar-refractivity contribution in [3.8, 4) is 11.5 Å². The summed E-state index contributed by atoms with van der Waals surface area (Å²) in [5.74, 6) is 1.59. The maximum absolute atomic E-state index is 12.2. The van der Waals surface area contributed by atoms with Crippen LogP contribution < -0.4 is 14.8 Å². The fourth-order valence-corrected chi connectivity index (χ4v) is 3.58. The normalized spacial score (nSPS) is 17.2. The molecular weight excluding hydrogens is 364 g/mol. The number of nitrogens with one attached hydrogen (secondary N) is 1. The second kappa shape index (κ2) is 11.3. The SMILES string of the molecule is COc1ccccc1OCC(=O)NC[C@@H]1CCCN(C/C=C/c2ccccc2)C1. The van der Waals surface area contributed by atoms with E-state index in [0.29, 0.717) is 24.0 Å². The third-order valence-electron chi connectivity index (χ3n) is 5.09. The highest BCUT2D eigenvalue weighted by Crippen LogP contribution is 2.25. The summed E-state index contributed by atoms with van der Waals surface area (Å²) in [5.41, 5.74) is 1.23. The number of ether oxygens (including phenoxy) is 2. The summed E-state index contributed by atoms with van der Waals surface area (Å²) in [4.78, 5) is 14.6. The average molecular weight is 395 g/mol. The molecule has 1 aliphatic heterocycles. The Morgan fingerprint density at radius 1 is 1.14 bits per heavy atom. The number of piperidine rings is 1. The number of amides is 1. The van der Waals surface area contributed by atoms with Gasteiger partial charge in [-0.3, -0.25) is 9.69 Å². The third kappa shape index (κ3) is 6.95. The lowest BCUT2D eigenvalue weighted by Crippen LogP contribution is -2.41. The molecule has 2 aromatic rings. The Labute approximate surface area is 173 Å². The van der Waals surface area contributed by atoms with Gasteiger partial charge in [-0.2, -0.15) is 0 Å². The van der Waals surface area contributed by atoms with Gasteiger partial charge in [0.25, 0.3) is 5.91 Å². The van der Waals surface area contributed by atoms with Crippen LogP contribution in [0.3, 0.4) is 0 Å². The summed E-state index contributed by atoms with van der Waals surface area (Å²) in [6, 6.07) is 17.7. The number of likely N-dealkylation sites (tertiary alicyclic amines) is 1. The van der Waals surface area contributed by atoms with E-state index >= 15 is 0 Å². The summed E-state index contributed by atoms with van der Waals surface area (Å²) in [6.45, 7) is 3.74. The molecule has 0 aliphatic carbocycles. The van der Waals surface area contributed by atoms with Crippen LogP contribution in [0.4, 0.5) is 0 Å². The fraction of sp³-hybridized carbons (Fsp3) is 0.375. The van der Waals surface area contributed by atoms with Crippen LogP contribution in [0.15, 0.2) is 60.7 Å². The molecule has 0 radical (unpaired) electrons. The molecule has 1 N–H and O–H groups in total. The Hall–Kier alpha value is -2.79. The lowest BCUT2D eigenvalue weighted by Gasteiger charge is -2.32. The number of methoxy groups -OCH3 is 1. The van der Waals surface area contributed by atoms with E-state index in [2.05, 4.69) is 46.6 Å². The highest BCUT2D eigenvalue weighted by Gasteiger charge is 2.19. The molecule has 1 fully saturated rings. The Morgan fingerprint density at radius 2 is 1.90 bits per heavy atom. The lowest BCUT2D eigenvalue weighted by molar-refractivity contribution is -0.123. The molecule has 0 saturated carbocycles. The van der Waals surface area contributed by atoms with Crippen molar-refractivity contribution in [2.45, 2.75) is 12.8 Å². The molecule has 3 rings (SSSR count). The number of rotatable bonds is 9. The monoisotopic (exact) mass is 394 g/mol. The van der Waals surface area contributed by atoms with E-state index in [1.54, 1.807) is 13.2 Å². The minimum atomic E-state index is -0.1000. The van der Waals surface area contributed by atoms with E-state index in [0.717, 1.165) is 32.5 Å². The number of hydrogen-bond acceptors (Lipinski definition) is 4. The summed E-state index contributed by atoms with van der Waals surface area (Å²) < 4.78 is 10.8. The van der Waals surface area contributed by atoms with Crippen LogP contribution >= 0.6 is 0 Å². The minimum Gasteiger partial charge on any atom is -0.493 e. The molecule has 1 saturated heterocycles. The first-order valence-corrected chi connectivity index (χ1v) is 10.2. The summed E-state index contributed by atoms with van der Waals surface area (Å²) >= 11 is 0. The standard InChI is InChI=1S/C24H30N2O3/c1-28-22-13-5-6-14-23(22)29-19-24(27)25-17-21-12-8-16-26(18-21)15-7-11-20-9-3-2-4-10-20/h2-7,9-11,13-14,21H,8,12,15-19H2,1H3,(H,25,27)/b11-7+/t21-/m0/s1. The van der Waals surface area contributed by atoms with Crippen molar-refractivity contribution in [2.24, 2.45) is 5.92 Å². The molecule has 154 valence electrons. The van der Waals surface area contributed by atoms with Gasteiger partial charge >= 0.3 is 0 Å². The first-order valence-electron chi connectivity index (χ1n) is 10.2. The Kier molecular flexibility index (Phi) is 8.13. The van der Waals surface area contributed by atoms with Crippen LogP contribution in [0, 0.1) is 5.92 Å². The number of benzene rings is 2. The van der Waals surface area contributed by atoms with Crippen molar-refractivity contribution in [1.82, 2.24) is 10.2 Å². The van der Waals surface area contributed by atoms with Gasteiger partial charge in [-0.25, -0.2) is 0 Å². The van der Waals surface area contributed by atoms with E-state index in [-0.39, 0.29) is 12.5 Å². The van der Waals surface area contributed by atoms with E-state index in [9.17, 15) is 4.79 Å². The van der Waals surface area contributed by atoms with Crippen LogP contribution in [0.1, 0.15) is 18.4 Å².